The zero-order valence-corrected chi connectivity index (χ0v) is 18.8. The highest BCUT2D eigenvalue weighted by Gasteiger charge is 2.08. The number of benzene rings is 2. The van der Waals surface area contributed by atoms with Gasteiger partial charge in [0.15, 0.2) is 15.8 Å². The van der Waals surface area contributed by atoms with Crippen molar-refractivity contribution in [3.63, 3.8) is 0 Å². The largest absolute Gasteiger partial charge is 0.492 e. The summed E-state index contributed by atoms with van der Waals surface area (Å²) in [5.41, 5.74) is 1.18. The minimum Gasteiger partial charge on any atom is -0.492 e. The molecule has 0 fully saturated rings. The predicted molar refractivity (Wildman–Crippen MR) is 120 cm³/mol. The number of hydrogen-bond acceptors (Lipinski definition) is 4. The molecule has 1 atom stereocenters. The SMILES string of the molecule is CN=C(NCCOc1ccc(S(C)(=O)=O)cc1)NC(C)c1ccccc1.I. The van der Waals surface area contributed by atoms with Crippen LogP contribution in [0.3, 0.4) is 0 Å². The number of rotatable bonds is 7. The van der Waals surface area contributed by atoms with Crippen molar-refractivity contribution in [1.82, 2.24) is 10.6 Å². The van der Waals surface area contributed by atoms with Crippen molar-refractivity contribution >= 4 is 39.8 Å². The Balaban J connectivity index is 0.00000364. The Morgan fingerprint density at radius 2 is 1.74 bits per heavy atom. The Labute approximate surface area is 178 Å². The van der Waals surface area contributed by atoms with Gasteiger partial charge >= 0.3 is 0 Å². The molecule has 148 valence electrons. The van der Waals surface area contributed by atoms with Crippen molar-refractivity contribution in [2.24, 2.45) is 4.99 Å². The van der Waals surface area contributed by atoms with Gasteiger partial charge < -0.3 is 15.4 Å². The van der Waals surface area contributed by atoms with E-state index >= 15 is 0 Å². The summed E-state index contributed by atoms with van der Waals surface area (Å²) >= 11 is 0. The highest BCUT2D eigenvalue weighted by atomic mass is 127. The molecule has 0 heterocycles. The second-order valence-corrected chi connectivity index (χ2v) is 7.88. The first-order chi connectivity index (χ1) is 12.4. The fraction of sp³-hybridized carbons (Fsp3) is 0.316. The molecule has 0 aliphatic carbocycles. The van der Waals surface area contributed by atoms with E-state index in [1.165, 1.54) is 11.8 Å². The molecule has 0 spiro atoms. The molecule has 8 heteroatoms. The maximum absolute atomic E-state index is 11.4. The molecule has 0 saturated carbocycles. The van der Waals surface area contributed by atoms with Gasteiger partial charge in [0.05, 0.1) is 17.5 Å². The summed E-state index contributed by atoms with van der Waals surface area (Å²) in [5.74, 6) is 1.32. The number of ether oxygens (including phenoxy) is 1. The molecule has 2 rings (SSSR count). The Hall–Kier alpha value is -1.81. The molecular weight excluding hydrogens is 477 g/mol. The van der Waals surface area contributed by atoms with Gasteiger partial charge in [0.1, 0.15) is 12.4 Å². The average Bonchev–Trinajstić information content (AvgIpc) is 2.64. The van der Waals surface area contributed by atoms with Crippen LogP contribution in [0.2, 0.25) is 0 Å². The van der Waals surface area contributed by atoms with Crippen LogP contribution in [0.4, 0.5) is 0 Å². The lowest BCUT2D eigenvalue weighted by atomic mass is 10.1. The normalized spacial score (nSPS) is 12.6. The van der Waals surface area contributed by atoms with E-state index in [4.69, 9.17) is 4.74 Å². The predicted octanol–water partition coefficient (Wildman–Crippen LogP) is 3.01. The van der Waals surface area contributed by atoms with Crippen LogP contribution in [0.1, 0.15) is 18.5 Å². The Bertz CT molecular complexity index is 825. The number of nitrogens with one attached hydrogen (secondary N) is 2. The van der Waals surface area contributed by atoms with Crippen LogP contribution in [0, 0.1) is 0 Å². The molecule has 0 radical (unpaired) electrons. The van der Waals surface area contributed by atoms with E-state index in [1.807, 2.05) is 18.2 Å². The maximum atomic E-state index is 11.4. The first-order valence-corrected chi connectivity index (χ1v) is 10.2. The van der Waals surface area contributed by atoms with E-state index in [9.17, 15) is 8.42 Å². The molecule has 0 aromatic heterocycles. The summed E-state index contributed by atoms with van der Waals surface area (Å²) < 4.78 is 28.5. The molecular formula is C19H26IN3O3S. The molecule has 0 bridgehead atoms. The summed E-state index contributed by atoms with van der Waals surface area (Å²) in [6, 6.07) is 16.7. The van der Waals surface area contributed by atoms with Gasteiger partial charge in [-0.15, -0.1) is 24.0 Å². The molecule has 2 aromatic rings. The third kappa shape index (κ3) is 7.76. The van der Waals surface area contributed by atoms with Crippen LogP contribution in [-0.4, -0.2) is 40.8 Å². The summed E-state index contributed by atoms with van der Waals surface area (Å²) in [6.45, 7) is 3.07. The zero-order chi connectivity index (χ0) is 19.0. The average molecular weight is 503 g/mol. The van der Waals surface area contributed by atoms with Crippen LogP contribution >= 0.6 is 24.0 Å². The van der Waals surface area contributed by atoms with Gasteiger partial charge in [0.2, 0.25) is 0 Å². The molecule has 27 heavy (non-hydrogen) atoms. The van der Waals surface area contributed by atoms with Crippen molar-refractivity contribution in [2.45, 2.75) is 17.9 Å². The fourth-order valence-electron chi connectivity index (χ4n) is 2.35. The number of sulfone groups is 1. The molecule has 0 saturated heterocycles. The van der Waals surface area contributed by atoms with Gasteiger partial charge in [-0.05, 0) is 36.8 Å². The van der Waals surface area contributed by atoms with Crippen LogP contribution < -0.4 is 15.4 Å². The molecule has 0 aliphatic rings. The maximum Gasteiger partial charge on any atom is 0.191 e. The molecule has 0 aliphatic heterocycles. The zero-order valence-electron chi connectivity index (χ0n) is 15.7. The summed E-state index contributed by atoms with van der Waals surface area (Å²) in [6.07, 6.45) is 1.18. The summed E-state index contributed by atoms with van der Waals surface area (Å²) in [7, 11) is -1.47. The van der Waals surface area contributed by atoms with Gasteiger partial charge in [-0.3, -0.25) is 4.99 Å². The lowest BCUT2D eigenvalue weighted by molar-refractivity contribution is 0.321. The van der Waals surface area contributed by atoms with E-state index in [1.54, 1.807) is 31.3 Å². The summed E-state index contributed by atoms with van der Waals surface area (Å²) in [4.78, 5) is 4.49. The first kappa shape index (κ1) is 23.2. The highest BCUT2D eigenvalue weighted by molar-refractivity contribution is 14.0. The van der Waals surface area contributed by atoms with Gasteiger partial charge in [0, 0.05) is 13.3 Å². The van der Waals surface area contributed by atoms with Crippen LogP contribution in [0.25, 0.3) is 0 Å². The molecule has 0 amide bonds. The van der Waals surface area contributed by atoms with Crippen LogP contribution in [-0.2, 0) is 9.84 Å². The molecule has 2 aromatic carbocycles. The third-order valence-electron chi connectivity index (χ3n) is 3.79. The second-order valence-electron chi connectivity index (χ2n) is 5.87. The number of halogens is 1. The van der Waals surface area contributed by atoms with Crippen molar-refractivity contribution in [2.75, 3.05) is 26.5 Å². The third-order valence-corrected chi connectivity index (χ3v) is 4.92. The van der Waals surface area contributed by atoms with E-state index in [0.717, 1.165) is 0 Å². The summed E-state index contributed by atoms with van der Waals surface area (Å²) in [5, 5.41) is 6.52. The Kier molecular flexibility index (Phi) is 9.57. The standard InChI is InChI=1S/C19H25N3O3S.HI/c1-15(16-7-5-4-6-8-16)22-19(20-2)21-13-14-25-17-9-11-18(12-10-17)26(3,23)24;/h4-12,15H,13-14H2,1-3H3,(H2,20,21,22);1H. The van der Waals surface area contributed by atoms with Gasteiger partial charge in [-0.25, -0.2) is 8.42 Å². The Morgan fingerprint density at radius 1 is 1.11 bits per heavy atom. The monoisotopic (exact) mass is 503 g/mol. The quantitative estimate of drug-likeness (QED) is 0.263. The van der Waals surface area contributed by atoms with Gasteiger partial charge in [-0.2, -0.15) is 0 Å². The Morgan fingerprint density at radius 3 is 2.30 bits per heavy atom. The van der Waals surface area contributed by atoms with Crippen LogP contribution in [0.5, 0.6) is 5.75 Å². The van der Waals surface area contributed by atoms with E-state index in [0.29, 0.717) is 24.9 Å². The fourth-order valence-corrected chi connectivity index (χ4v) is 2.98. The number of nitrogens with zero attached hydrogens (tertiary/aromatic N) is 1. The van der Waals surface area contributed by atoms with Crippen molar-refractivity contribution in [3.8, 4) is 5.75 Å². The lowest BCUT2D eigenvalue weighted by Gasteiger charge is -2.18. The second kappa shape index (κ2) is 11.1. The van der Waals surface area contributed by atoms with Gasteiger partial charge in [0.25, 0.3) is 0 Å². The number of hydrogen-bond donors (Lipinski definition) is 2. The lowest BCUT2D eigenvalue weighted by Crippen LogP contribution is -2.40. The van der Waals surface area contributed by atoms with Crippen molar-refractivity contribution in [1.29, 1.82) is 0 Å². The van der Waals surface area contributed by atoms with Crippen molar-refractivity contribution < 1.29 is 13.2 Å². The van der Waals surface area contributed by atoms with E-state index in [2.05, 4.69) is 34.7 Å². The smallest absolute Gasteiger partial charge is 0.191 e. The minimum absolute atomic E-state index is 0. The minimum atomic E-state index is -3.19. The number of guanidine groups is 1. The molecule has 1 unspecified atom stereocenters. The van der Waals surface area contributed by atoms with Crippen LogP contribution in [0.15, 0.2) is 64.5 Å². The molecule has 6 nitrogen and oxygen atoms in total. The van der Waals surface area contributed by atoms with Gasteiger partial charge in [-0.1, -0.05) is 30.3 Å². The topological polar surface area (TPSA) is 79.8 Å². The van der Waals surface area contributed by atoms with E-state index in [-0.39, 0.29) is 34.9 Å². The number of aliphatic imine (C=N–C) groups is 1. The van der Waals surface area contributed by atoms with E-state index < -0.39 is 9.84 Å². The first-order valence-electron chi connectivity index (χ1n) is 8.35. The highest BCUT2D eigenvalue weighted by Crippen LogP contribution is 2.15. The molecule has 2 N–H and O–H groups in total. The van der Waals surface area contributed by atoms with Crippen molar-refractivity contribution in [3.05, 3.63) is 60.2 Å².